The first-order valence-electron chi connectivity index (χ1n) is 8.32. The molecular weight excluding hydrogens is 336 g/mol. The van der Waals surface area contributed by atoms with Gasteiger partial charge in [-0.05, 0) is 49.6 Å². The van der Waals surface area contributed by atoms with Gasteiger partial charge in [-0.1, -0.05) is 41.9 Å². The van der Waals surface area contributed by atoms with Gasteiger partial charge >= 0.3 is 0 Å². The maximum Gasteiger partial charge on any atom is 0.242 e. The monoisotopic (exact) mass is 356 g/mol. The number of fused-ring (bicyclic) bond motifs is 1. The van der Waals surface area contributed by atoms with Crippen molar-refractivity contribution in [3.05, 3.63) is 64.7 Å². The average molecular weight is 357 g/mol. The highest BCUT2D eigenvalue weighted by atomic mass is 35.5. The summed E-state index contributed by atoms with van der Waals surface area (Å²) < 4.78 is 0. The van der Waals surface area contributed by atoms with Gasteiger partial charge < -0.3 is 10.2 Å². The molecule has 0 aliphatic carbocycles. The number of nitrogens with zero attached hydrogens (tertiary/aromatic N) is 1. The summed E-state index contributed by atoms with van der Waals surface area (Å²) in [6, 6.07) is 15.1. The Kier molecular flexibility index (Phi) is 4.82. The standard InChI is InChI=1S/C20H21ClN2O2/c1-20(2,18(24)22-13-14-7-9-16(21)10-8-14)19(25)23-12-11-15-5-3-4-6-17(15)23/h3-10H,11-13H2,1-2H3,(H,22,24). The number of nitrogens with one attached hydrogen (secondary N) is 1. The van der Waals surface area contributed by atoms with Crippen molar-refractivity contribution in [1.82, 2.24) is 5.32 Å². The highest BCUT2D eigenvalue weighted by Crippen LogP contribution is 2.32. The SMILES string of the molecule is CC(C)(C(=O)NCc1ccc(Cl)cc1)C(=O)N1CCc2ccccc21. The van der Waals surface area contributed by atoms with E-state index in [1.807, 2.05) is 36.4 Å². The first kappa shape index (κ1) is 17.5. The van der Waals surface area contributed by atoms with Crippen LogP contribution in [0.1, 0.15) is 25.0 Å². The third-order valence-corrected chi connectivity index (χ3v) is 4.85. The molecule has 3 rings (SSSR count). The average Bonchev–Trinajstić information content (AvgIpc) is 3.04. The van der Waals surface area contributed by atoms with Gasteiger partial charge in [0.1, 0.15) is 5.41 Å². The predicted molar refractivity (Wildman–Crippen MR) is 99.6 cm³/mol. The Morgan fingerprint density at radius 1 is 1.12 bits per heavy atom. The van der Waals surface area contributed by atoms with Crippen molar-refractivity contribution < 1.29 is 9.59 Å². The summed E-state index contributed by atoms with van der Waals surface area (Å²) in [6.07, 6.45) is 0.824. The molecule has 1 N–H and O–H groups in total. The van der Waals surface area contributed by atoms with E-state index in [0.717, 1.165) is 23.2 Å². The van der Waals surface area contributed by atoms with E-state index in [-0.39, 0.29) is 11.8 Å². The largest absolute Gasteiger partial charge is 0.351 e. The normalized spacial score (nSPS) is 13.5. The second-order valence-corrected chi connectivity index (χ2v) is 7.21. The minimum atomic E-state index is -1.14. The lowest BCUT2D eigenvalue weighted by atomic mass is 9.90. The zero-order valence-electron chi connectivity index (χ0n) is 14.4. The molecule has 25 heavy (non-hydrogen) atoms. The lowest BCUT2D eigenvalue weighted by molar-refractivity contribution is -0.139. The Labute approximate surface area is 152 Å². The van der Waals surface area contributed by atoms with Crippen molar-refractivity contribution in [3.63, 3.8) is 0 Å². The molecule has 2 aromatic rings. The summed E-state index contributed by atoms with van der Waals surface area (Å²) in [5.41, 5.74) is 1.86. The molecule has 0 radical (unpaired) electrons. The number of benzene rings is 2. The fraction of sp³-hybridized carbons (Fsp3) is 0.300. The van der Waals surface area contributed by atoms with Crippen molar-refractivity contribution in [2.24, 2.45) is 5.41 Å². The Balaban J connectivity index is 1.69. The highest BCUT2D eigenvalue weighted by molar-refractivity contribution is 6.30. The van der Waals surface area contributed by atoms with Crippen LogP contribution in [0.4, 0.5) is 5.69 Å². The van der Waals surface area contributed by atoms with Gasteiger partial charge in [0.25, 0.3) is 0 Å². The molecule has 0 fully saturated rings. The van der Waals surface area contributed by atoms with E-state index in [2.05, 4.69) is 5.32 Å². The Morgan fingerprint density at radius 3 is 2.52 bits per heavy atom. The van der Waals surface area contributed by atoms with Crippen LogP contribution in [0.25, 0.3) is 0 Å². The van der Waals surface area contributed by atoms with Gasteiger partial charge in [0.05, 0.1) is 0 Å². The highest BCUT2D eigenvalue weighted by Gasteiger charge is 2.41. The van der Waals surface area contributed by atoms with Crippen molar-refractivity contribution in [1.29, 1.82) is 0 Å². The first-order chi connectivity index (χ1) is 11.9. The molecule has 0 bridgehead atoms. The Morgan fingerprint density at radius 2 is 1.80 bits per heavy atom. The van der Waals surface area contributed by atoms with Crippen molar-refractivity contribution in [3.8, 4) is 0 Å². The molecule has 1 aliphatic heterocycles. The molecule has 2 amide bonds. The second-order valence-electron chi connectivity index (χ2n) is 6.77. The number of anilines is 1. The van der Waals surface area contributed by atoms with Gasteiger partial charge in [-0.15, -0.1) is 0 Å². The van der Waals surface area contributed by atoms with Gasteiger partial charge in [0, 0.05) is 23.8 Å². The zero-order valence-corrected chi connectivity index (χ0v) is 15.1. The van der Waals surface area contributed by atoms with Gasteiger partial charge in [0.15, 0.2) is 0 Å². The number of carbonyl (C=O) groups excluding carboxylic acids is 2. The number of hydrogen-bond donors (Lipinski definition) is 1. The summed E-state index contributed by atoms with van der Waals surface area (Å²) in [5, 5.41) is 3.51. The molecule has 1 aliphatic rings. The van der Waals surface area contributed by atoms with E-state index >= 15 is 0 Å². The summed E-state index contributed by atoms with van der Waals surface area (Å²) in [7, 11) is 0. The van der Waals surface area contributed by atoms with Gasteiger partial charge in [-0.25, -0.2) is 0 Å². The van der Waals surface area contributed by atoms with Gasteiger partial charge in [0.2, 0.25) is 11.8 Å². The van der Waals surface area contributed by atoms with Crippen LogP contribution in [0.3, 0.4) is 0 Å². The maximum absolute atomic E-state index is 13.0. The smallest absolute Gasteiger partial charge is 0.242 e. The van der Waals surface area contributed by atoms with Crippen LogP contribution in [0.5, 0.6) is 0 Å². The fourth-order valence-corrected chi connectivity index (χ4v) is 3.12. The number of rotatable bonds is 4. The zero-order chi connectivity index (χ0) is 18.0. The van der Waals surface area contributed by atoms with Crippen molar-refractivity contribution in [2.45, 2.75) is 26.8 Å². The van der Waals surface area contributed by atoms with E-state index in [9.17, 15) is 9.59 Å². The van der Waals surface area contributed by atoms with Gasteiger partial charge in [-0.2, -0.15) is 0 Å². The molecule has 130 valence electrons. The van der Waals surface area contributed by atoms with E-state index in [1.54, 1.807) is 30.9 Å². The van der Waals surface area contributed by atoms with Crippen molar-refractivity contribution >= 4 is 29.1 Å². The van der Waals surface area contributed by atoms with Crippen LogP contribution in [0.2, 0.25) is 5.02 Å². The Bertz CT molecular complexity index is 800. The topological polar surface area (TPSA) is 49.4 Å². The molecule has 2 aromatic carbocycles. The third-order valence-electron chi connectivity index (χ3n) is 4.60. The van der Waals surface area contributed by atoms with Crippen LogP contribution in [0.15, 0.2) is 48.5 Å². The van der Waals surface area contributed by atoms with Gasteiger partial charge in [-0.3, -0.25) is 9.59 Å². The number of para-hydroxylation sites is 1. The molecule has 0 atom stereocenters. The molecule has 0 aromatic heterocycles. The fourth-order valence-electron chi connectivity index (χ4n) is 2.99. The van der Waals surface area contributed by atoms with Crippen LogP contribution >= 0.6 is 11.6 Å². The van der Waals surface area contributed by atoms with E-state index < -0.39 is 5.41 Å². The number of halogens is 1. The Hall–Kier alpha value is -2.33. The lowest BCUT2D eigenvalue weighted by Gasteiger charge is -2.28. The van der Waals surface area contributed by atoms with Crippen LogP contribution in [0, 0.1) is 5.41 Å². The third kappa shape index (κ3) is 3.54. The van der Waals surface area contributed by atoms with E-state index in [1.165, 1.54) is 0 Å². The summed E-state index contributed by atoms with van der Waals surface area (Å²) >= 11 is 5.86. The van der Waals surface area contributed by atoms with Crippen LogP contribution in [-0.4, -0.2) is 18.4 Å². The van der Waals surface area contributed by atoms with Crippen LogP contribution < -0.4 is 10.2 Å². The molecule has 1 heterocycles. The molecule has 0 unspecified atom stereocenters. The number of amides is 2. The second kappa shape index (κ2) is 6.89. The minimum Gasteiger partial charge on any atom is -0.351 e. The summed E-state index contributed by atoms with van der Waals surface area (Å²) in [5.74, 6) is -0.456. The maximum atomic E-state index is 13.0. The van der Waals surface area contributed by atoms with E-state index in [0.29, 0.717) is 18.1 Å². The molecule has 4 nitrogen and oxygen atoms in total. The summed E-state index contributed by atoms with van der Waals surface area (Å²) in [6.45, 7) is 4.33. The number of carbonyl (C=O) groups is 2. The van der Waals surface area contributed by atoms with E-state index in [4.69, 9.17) is 11.6 Å². The quantitative estimate of drug-likeness (QED) is 0.851. The minimum absolute atomic E-state index is 0.175. The summed E-state index contributed by atoms with van der Waals surface area (Å²) in [4.78, 5) is 27.3. The lowest BCUT2D eigenvalue weighted by Crippen LogP contribution is -2.49. The molecular formula is C20H21ClN2O2. The molecule has 5 heteroatoms. The molecule has 0 saturated heterocycles. The number of hydrogen-bond acceptors (Lipinski definition) is 2. The molecule has 0 spiro atoms. The van der Waals surface area contributed by atoms with Crippen molar-refractivity contribution in [2.75, 3.05) is 11.4 Å². The molecule has 0 saturated carbocycles. The predicted octanol–water partition coefficient (Wildman–Crippen LogP) is 3.57. The van der Waals surface area contributed by atoms with Crippen LogP contribution in [-0.2, 0) is 22.6 Å². The first-order valence-corrected chi connectivity index (χ1v) is 8.70.